The van der Waals surface area contributed by atoms with Crippen LogP contribution in [0.3, 0.4) is 0 Å². The number of anilines is 1. The van der Waals surface area contributed by atoms with Crippen LogP contribution in [0.2, 0.25) is 0 Å². The Morgan fingerprint density at radius 2 is 2.03 bits per heavy atom. The number of fused-ring (bicyclic) bond motifs is 1. The number of aromatic nitrogens is 3. The maximum absolute atomic E-state index is 12.0. The lowest BCUT2D eigenvalue weighted by molar-refractivity contribution is 0.130. The van der Waals surface area contributed by atoms with Gasteiger partial charge < -0.3 is 14.0 Å². The van der Waals surface area contributed by atoms with Crippen molar-refractivity contribution < 1.29 is 14.3 Å². The third-order valence-corrected chi connectivity index (χ3v) is 6.63. The standard InChI is InChI=1S/C29H31N5O3/c1-20(2)37-29(35)32-22-10-8-21(9-11-22)28-26(19-30)25-18-24(36-17-5-16-33-15-4-14-31-33)12-13-27(25)34(28)23-6-3-7-23/h4,8-15,18,20,23H,3,5-7,16-17H2,1-2H3,(H,32,35). The number of nitrogens with zero attached hydrogens (tertiary/aromatic N) is 4. The zero-order valence-electron chi connectivity index (χ0n) is 21.2. The summed E-state index contributed by atoms with van der Waals surface area (Å²) in [6, 6.07) is 18.4. The minimum Gasteiger partial charge on any atom is -0.494 e. The SMILES string of the molecule is CC(C)OC(=O)Nc1ccc(-c2c(C#N)c3cc(OCCCn4cccn4)ccc3n2C2CCC2)cc1. The van der Waals surface area contributed by atoms with E-state index in [0.29, 0.717) is 23.9 Å². The third kappa shape index (κ3) is 5.31. The molecule has 1 aliphatic carbocycles. The molecule has 0 aliphatic heterocycles. The number of nitriles is 1. The third-order valence-electron chi connectivity index (χ3n) is 6.63. The van der Waals surface area contributed by atoms with E-state index in [1.807, 2.05) is 67.2 Å². The predicted molar refractivity (Wildman–Crippen MR) is 143 cm³/mol. The highest BCUT2D eigenvalue weighted by Gasteiger charge is 2.28. The van der Waals surface area contributed by atoms with E-state index in [1.54, 1.807) is 6.20 Å². The number of rotatable bonds is 9. The second-order valence-electron chi connectivity index (χ2n) is 9.60. The fourth-order valence-corrected chi connectivity index (χ4v) is 4.73. The number of carbonyl (C=O) groups excluding carboxylic acids is 1. The van der Waals surface area contributed by atoms with Gasteiger partial charge in [-0.15, -0.1) is 0 Å². The van der Waals surface area contributed by atoms with Crippen LogP contribution in [0.4, 0.5) is 10.5 Å². The highest BCUT2D eigenvalue weighted by Crippen LogP contribution is 2.43. The lowest BCUT2D eigenvalue weighted by atomic mass is 9.92. The summed E-state index contributed by atoms with van der Waals surface area (Å²) in [7, 11) is 0. The predicted octanol–water partition coefficient (Wildman–Crippen LogP) is 6.53. The van der Waals surface area contributed by atoms with E-state index >= 15 is 0 Å². The molecule has 8 heteroatoms. The topological polar surface area (TPSA) is 94.1 Å². The van der Waals surface area contributed by atoms with Gasteiger partial charge in [-0.1, -0.05) is 12.1 Å². The van der Waals surface area contributed by atoms with Crippen molar-refractivity contribution in [3.63, 3.8) is 0 Å². The fourth-order valence-electron chi connectivity index (χ4n) is 4.73. The van der Waals surface area contributed by atoms with Crippen LogP contribution in [-0.4, -0.2) is 33.2 Å². The van der Waals surface area contributed by atoms with Gasteiger partial charge in [-0.05, 0) is 75.1 Å². The van der Waals surface area contributed by atoms with Crippen molar-refractivity contribution in [3.05, 3.63) is 66.5 Å². The molecule has 1 N–H and O–H groups in total. The van der Waals surface area contributed by atoms with Gasteiger partial charge in [0.1, 0.15) is 11.8 Å². The Labute approximate surface area is 216 Å². The molecule has 0 saturated heterocycles. The summed E-state index contributed by atoms with van der Waals surface area (Å²) in [6.07, 6.45) is 7.24. The first-order valence-electron chi connectivity index (χ1n) is 12.8. The molecule has 2 aromatic heterocycles. The van der Waals surface area contributed by atoms with Crippen LogP contribution < -0.4 is 10.1 Å². The summed E-state index contributed by atoms with van der Waals surface area (Å²) in [5.41, 5.74) is 4.18. The average Bonchev–Trinajstić information content (AvgIpc) is 3.47. The number of ether oxygens (including phenoxy) is 2. The minimum absolute atomic E-state index is 0.194. The monoisotopic (exact) mass is 497 g/mol. The first-order chi connectivity index (χ1) is 18.0. The molecule has 1 amide bonds. The van der Waals surface area contributed by atoms with Crippen LogP contribution in [0.25, 0.3) is 22.2 Å². The van der Waals surface area contributed by atoms with Crippen LogP contribution in [0, 0.1) is 11.3 Å². The Hall–Kier alpha value is -4.25. The molecule has 190 valence electrons. The largest absolute Gasteiger partial charge is 0.494 e. The summed E-state index contributed by atoms with van der Waals surface area (Å²) in [5.74, 6) is 0.755. The first kappa shape index (κ1) is 24.4. The second-order valence-corrected chi connectivity index (χ2v) is 9.60. The van der Waals surface area contributed by atoms with Crippen LogP contribution in [0.5, 0.6) is 5.75 Å². The molecule has 8 nitrogen and oxygen atoms in total. The molecule has 5 rings (SSSR count). The van der Waals surface area contributed by atoms with Gasteiger partial charge in [-0.25, -0.2) is 4.79 Å². The number of benzene rings is 2. The zero-order valence-corrected chi connectivity index (χ0v) is 21.2. The van der Waals surface area contributed by atoms with Gasteiger partial charge in [0.25, 0.3) is 0 Å². The quantitative estimate of drug-likeness (QED) is 0.265. The van der Waals surface area contributed by atoms with Crippen molar-refractivity contribution >= 4 is 22.7 Å². The maximum atomic E-state index is 12.0. The Balaban J connectivity index is 1.42. The molecule has 0 atom stereocenters. The Morgan fingerprint density at radius 1 is 1.22 bits per heavy atom. The van der Waals surface area contributed by atoms with Gasteiger partial charge in [0.05, 0.1) is 29.5 Å². The molecule has 1 saturated carbocycles. The van der Waals surface area contributed by atoms with E-state index in [1.165, 1.54) is 6.42 Å². The van der Waals surface area contributed by atoms with Crippen LogP contribution in [0.1, 0.15) is 51.1 Å². The van der Waals surface area contributed by atoms with E-state index in [-0.39, 0.29) is 6.10 Å². The van der Waals surface area contributed by atoms with E-state index in [9.17, 15) is 10.1 Å². The fraction of sp³-hybridized carbons (Fsp3) is 0.345. The van der Waals surface area contributed by atoms with Crippen molar-refractivity contribution in [1.29, 1.82) is 5.26 Å². The molecule has 37 heavy (non-hydrogen) atoms. The summed E-state index contributed by atoms with van der Waals surface area (Å²) in [5, 5.41) is 18.1. The van der Waals surface area contributed by atoms with Gasteiger partial charge in [-0.3, -0.25) is 10.00 Å². The smallest absolute Gasteiger partial charge is 0.411 e. The van der Waals surface area contributed by atoms with Gasteiger partial charge in [0.15, 0.2) is 0 Å². The van der Waals surface area contributed by atoms with Crippen LogP contribution in [0.15, 0.2) is 60.9 Å². The first-order valence-corrected chi connectivity index (χ1v) is 12.8. The number of aryl methyl sites for hydroxylation is 1. The van der Waals surface area contributed by atoms with E-state index < -0.39 is 6.09 Å². The Kier molecular flexibility index (Phi) is 7.13. The van der Waals surface area contributed by atoms with Gasteiger partial charge in [0, 0.05) is 42.5 Å². The summed E-state index contributed by atoms with van der Waals surface area (Å²) >= 11 is 0. The number of hydrogen-bond acceptors (Lipinski definition) is 5. The molecule has 1 fully saturated rings. The molecule has 2 heterocycles. The minimum atomic E-state index is -0.485. The summed E-state index contributed by atoms with van der Waals surface area (Å²) in [6.45, 7) is 4.98. The normalized spacial score (nSPS) is 13.4. The van der Waals surface area contributed by atoms with Crippen molar-refractivity contribution in [2.75, 3.05) is 11.9 Å². The molecular weight excluding hydrogens is 466 g/mol. The summed E-state index contributed by atoms with van der Waals surface area (Å²) in [4.78, 5) is 12.0. The van der Waals surface area contributed by atoms with Crippen molar-refractivity contribution in [2.24, 2.45) is 0 Å². The molecular formula is C29H31N5O3. The number of hydrogen-bond donors (Lipinski definition) is 1. The van der Waals surface area contributed by atoms with Crippen molar-refractivity contribution in [3.8, 4) is 23.1 Å². The highest BCUT2D eigenvalue weighted by molar-refractivity contribution is 5.96. The molecule has 2 aromatic carbocycles. The van der Waals surface area contributed by atoms with Crippen molar-refractivity contribution in [1.82, 2.24) is 14.3 Å². The molecule has 4 aromatic rings. The lowest BCUT2D eigenvalue weighted by Crippen LogP contribution is -2.18. The highest BCUT2D eigenvalue weighted by atomic mass is 16.6. The number of carbonyl (C=O) groups is 1. The van der Waals surface area contributed by atoms with E-state index in [2.05, 4.69) is 27.1 Å². The molecule has 0 bridgehead atoms. The average molecular weight is 498 g/mol. The Morgan fingerprint density at radius 3 is 2.68 bits per heavy atom. The summed E-state index contributed by atoms with van der Waals surface area (Å²) < 4.78 is 15.4. The van der Waals surface area contributed by atoms with Crippen LogP contribution >= 0.6 is 0 Å². The van der Waals surface area contributed by atoms with Crippen molar-refractivity contribution in [2.45, 2.75) is 58.2 Å². The second kappa shape index (κ2) is 10.8. The van der Waals surface area contributed by atoms with Crippen LogP contribution in [-0.2, 0) is 11.3 Å². The number of amides is 1. The lowest BCUT2D eigenvalue weighted by Gasteiger charge is -2.30. The molecule has 0 spiro atoms. The molecule has 0 unspecified atom stereocenters. The van der Waals surface area contributed by atoms with Gasteiger partial charge >= 0.3 is 6.09 Å². The van der Waals surface area contributed by atoms with E-state index in [0.717, 1.165) is 53.7 Å². The van der Waals surface area contributed by atoms with Gasteiger partial charge in [0.2, 0.25) is 0 Å². The zero-order chi connectivity index (χ0) is 25.8. The maximum Gasteiger partial charge on any atom is 0.411 e. The molecule has 1 aliphatic rings. The van der Waals surface area contributed by atoms with E-state index in [4.69, 9.17) is 9.47 Å². The van der Waals surface area contributed by atoms with Gasteiger partial charge in [-0.2, -0.15) is 10.4 Å². The number of nitrogens with one attached hydrogen (secondary N) is 1. The molecule has 0 radical (unpaired) electrons. The Bertz CT molecular complexity index is 1410.